The Morgan fingerprint density at radius 1 is 0.854 bits per heavy atom. The second-order valence-electron chi connectivity index (χ2n) is 11.3. The van der Waals surface area contributed by atoms with E-state index in [2.05, 4.69) is 36.0 Å². The Morgan fingerprint density at radius 3 is 2.06 bits per heavy atom. The number of aryl methyl sites for hydroxylation is 1. The van der Waals surface area contributed by atoms with Gasteiger partial charge in [0.25, 0.3) is 0 Å². The number of hydrogen-bond donors (Lipinski definition) is 3. The van der Waals surface area contributed by atoms with Crippen LogP contribution in [0.1, 0.15) is 42.8 Å². The van der Waals surface area contributed by atoms with Crippen LogP contribution >= 0.6 is 23.2 Å². The zero-order valence-electron chi connectivity index (χ0n) is 26.6. The zero-order valence-corrected chi connectivity index (χ0v) is 28.1. The summed E-state index contributed by atoms with van der Waals surface area (Å²) in [6.45, 7) is 1.16. The number of rotatable bonds is 14. The normalized spacial score (nSPS) is 14.2. The summed E-state index contributed by atoms with van der Waals surface area (Å²) in [6, 6.07) is 11.6. The molecule has 0 saturated carbocycles. The van der Waals surface area contributed by atoms with Gasteiger partial charge in [-0.05, 0) is 25.7 Å². The Bertz CT molecular complexity index is 1890. The summed E-state index contributed by atoms with van der Waals surface area (Å²) in [5, 5.41) is 17.8. The number of hydrogen-bond acceptors (Lipinski definition) is 10. The van der Waals surface area contributed by atoms with E-state index in [-0.39, 0.29) is 11.9 Å². The molecule has 14 heteroatoms. The third kappa shape index (κ3) is 7.56. The van der Waals surface area contributed by atoms with E-state index >= 15 is 0 Å². The van der Waals surface area contributed by atoms with E-state index in [1.54, 1.807) is 32.8 Å². The second-order valence-corrected chi connectivity index (χ2v) is 12.1. The standard InChI is InChI=1S/C34H35Cl2N9O3/c1-47-33-26(11-3-6-20-12-13-30(46)41-20)38-18-27(42-33)24-9-4-7-22(31(24)35)23-8-5-10-25(32(23)36)28-19-39-29(34(43-28)48-2)17-37-15-14-21-16-40-45-44-21/h4-5,7-10,16,18-20,37H,3,6,11-15,17H2,1-2H3,(H,41,46)(H,40,44,45)/t20-/m1/s1. The average molecular weight is 689 g/mol. The summed E-state index contributed by atoms with van der Waals surface area (Å²) < 4.78 is 11.2. The number of methoxy groups -OCH3 is 2. The van der Waals surface area contributed by atoms with Crippen molar-refractivity contribution in [2.75, 3.05) is 20.8 Å². The topological polar surface area (TPSA) is 153 Å². The number of H-pyrrole nitrogens is 1. The van der Waals surface area contributed by atoms with Crippen LogP contribution in [0.25, 0.3) is 33.6 Å². The van der Waals surface area contributed by atoms with Crippen molar-refractivity contribution in [3.63, 3.8) is 0 Å². The molecule has 1 saturated heterocycles. The summed E-state index contributed by atoms with van der Waals surface area (Å²) in [5.41, 5.74) is 6.32. The maximum atomic E-state index is 11.5. The highest BCUT2D eigenvalue weighted by atomic mass is 35.5. The first-order chi connectivity index (χ1) is 23.4. The number of nitrogens with zero attached hydrogens (tertiary/aromatic N) is 6. The van der Waals surface area contributed by atoms with Crippen molar-refractivity contribution in [1.29, 1.82) is 0 Å². The van der Waals surface area contributed by atoms with E-state index in [1.807, 2.05) is 36.4 Å². The largest absolute Gasteiger partial charge is 0.480 e. The second kappa shape index (κ2) is 15.5. The van der Waals surface area contributed by atoms with Crippen LogP contribution in [0.2, 0.25) is 10.0 Å². The van der Waals surface area contributed by atoms with Crippen LogP contribution in [0, 0.1) is 0 Å². The van der Waals surface area contributed by atoms with Gasteiger partial charge in [0.2, 0.25) is 17.7 Å². The molecule has 0 aliphatic carbocycles. The van der Waals surface area contributed by atoms with Gasteiger partial charge >= 0.3 is 0 Å². The van der Waals surface area contributed by atoms with Gasteiger partial charge in [0.15, 0.2) is 0 Å². The molecule has 5 aromatic rings. The summed E-state index contributed by atoms with van der Waals surface area (Å²) >= 11 is 14.1. The van der Waals surface area contributed by atoms with Gasteiger partial charge in [-0.1, -0.05) is 59.6 Å². The lowest BCUT2D eigenvalue weighted by Gasteiger charge is -2.15. The Hall–Kier alpha value is -4.65. The lowest BCUT2D eigenvalue weighted by molar-refractivity contribution is -0.119. The molecule has 4 heterocycles. The lowest BCUT2D eigenvalue weighted by Crippen LogP contribution is -2.25. The molecule has 1 aliphatic rings. The third-order valence-electron chi connectivity index (χ3n) is 8.22. The molecular weight excluding hydrogens is 653 g/mol. The molecule has 3 aromatic heterocycles. The molecule has 2 aromatic carbocycles. The van der Waals surface area contributed by atoms with Crippen LogP contribution in [-0.4, -0.2) is 68.1 Å². The van der Waals surface area contributed by atoms with E-state index < -0.39 is 0 Å². The van der Waals surface area contributed by atoms with E-state index in [0.29, 0.717) is 75.9 Å². The van der Waals surface area contributed by atoms with Gasteiger partial charge in [-0.3, -0.25) is 14.8 Å². The predicted octanol–water partition coefficient (Wildman–Crippen LogP) is 5.64. The first kappa shape index (κ1) is 33.3. The smallest absolute Gasteiger partial charge is 0.237 e. The Labute approximate surface area is 288 Å². The van der Waals surface area contributed by atoms with Gasteiger partial charge in [0.05, 0.1) is 59.9 Å². The van der Waals surface area contributed by atoms with Crippen molar-refractivity contribution >= 4 is 29.1 Å². The summed E-state index contributed by atoms with van der Waals surface area (Å²) in [4.78, 5) is 30.3. The van der Waals surface area contributed by atoms with Crippen molar-refractivity contribution in [2.24, 2.45) is 0 Å². The monoisotopic (exact) mass is 687 g/mol. The van der Waals surface area contributed by atoms with E-state index in [9.17, 15) is 4.79 Å². The minimum absolute atomic E-state index is 0.122. The molecule has 48 heavy (non-hydrogen) atoms. The number of benzene rings is 2. The molecule has 0 bridgehead atoms. The summed E-state index contributed by atoms with van der Waals surface area (Å²) in [6.07, 6.45) is 9.74. The average Bonchev–Trinajstić information content (AvgIpc) is 3.79. The molecule has 0 radical (unpaired) electrons. The van der Waals surface area contributed by atoms with Gasteiger partial charge in [-0.25, -0.2) is 9.97 Å². The van der Waals surface area contributed by atoms with E-state index in [0.717, 1.165) is 48.2 Å². The number of nitrogens with one attached hydrogen (secondary N) is 3. The SMILES string of the molecule is COc1nc(-c2cccc(-c3cccc(-c4cnc(CNCCc5cn[nH]n5)c(OC)n4)c3Cl)c2Cl)cnc1CCC[C@@H]1CCC(=O)N1. The first-order valence-corrected chi connectivity index (χ1v) is 16.4. The molecule has 1 atom stereocenters. The molecule has 248 valence electrons. The molecule has 1 aliphatic heterocycles. The van der Waals surface area contributed by atoms with Crippen LogP contribution < -0.4 is 20.1 Å². The van der Waals surface area contributed by atoms with Gasteiger partial charge in [-0.2, -0.15) is 15.4 Å². The fraction of sp³-hybridized carbons (Fsp3) is 0.324. The maximum absolute atomic E-state index is 11.5. The Balaban J connectivity index is 1.20. The highest BCUT2D eigenvalue weighted by Gasteiger charge is 2.22. The van der Waals surface area contributed by atoms with Gasteiger partial charge in [0, 0.05) is 54.2 Å². The fourth-order valence-electron chi connectivity index (χ4n) is 5.73. The van der Waals surface area contributed by atoms with E-state index in [4.69, 9.17) is 42.6 Å². The van der Waals surface area contributed by atoms with Crippen molar-refractivity contribution < 1.29 is 14.3 Å². The number of aromatic nitrogens is 7. The number of carbonyl (C=O) groups excluding carboxylic acids is 1. The van der Waals surface area contributed by atoms with E-state index in [1.165, 1.54) is 0 Å². The molecular formula is C34H35Cl2N9O3. The van der Waals surface area contributed by atoms with Gasteiger partial charge < -0.3 is 20.1 Å². The Kier molecular flexibility index (Phi) is 10.7. The van der Waals surface area contributed by atoms with Crippen LogP contribution in [0.3, 0.4) is 0 Å². The minimum atomic E-state index is 0.122. The van der Waals surface area contributed by atoms with Crippen LogP contribution in [0.5, 0.6) is 11.8 Å². The number of aromatic amines is 1. The zero-order chi connectivity index (χ0) is 33.5. The van der Waals surface area contributed by atoms with Gasteiger partial charge in [-0.15, -0.1) is 0 Å². The van der Waals surface area contributed by atoms with Crippen LogP contribution in [0.15, 0.2) is 55.0 Å². The number of ether oxygens (including phenoxy) is 2. The molecule has 1 fully saturated rings. The quantitative estimate of drug-likeness (QED) is 0.125. The van der Waals surface area contributed by atoms with Crippen molar-refractivity contribution in [1.82, 2.24) is 46.0 Å². The molecule has 3 N–H and O–H groups in total. The van der Waals surface area contributed by atoms with Crippen LogP contribution in [-0.2, 0) is 24.2 Å². The van der Waals surface area contributed by atoms with Gasteiger partial charge in [0.1, 0.15) is 11.4 Å². The predicted molar refractivity (Wildman–Crippen MR) is 183 cm³/mol. The number of amides is 1. The molecule has 1 amide bonds. The number of halogens is 2. The molecule has 0 spiro atoms. The van der Waals surface area contributed by atoms with Crippen molar-refractivity contribution in [2.45, 2.75) is 51.1 Å². The first-order valence-electron chi connectivity index (χ1n) is 15.7. The third-order valence-corrected chi connectivity index (χ3v) is 9.03. The lowest BCUT2D eigenvalue weighted by atomic mass is 9.98. The highest BCUT2D eigenvalue weighted by molar-refractivity contribution is 6.39. The Morgan fingerprint density at radius 2 is 1.48 bits per heavy atom. The summed E-state index contributed by atoms with van der Waals surface area (Å²) in [5.74, 6) is 0.979. The van der Waals surface area contributed by atoms with Crippen molar-refractivity contribution in [3.05, 3.63) is 82.1 Å². The highest BCUT2D eigenvalue weighted by Crippen LogP contribution is 2.42. The molecule has 12 nitrogen and oxygen atoms in total. The molecule has 6 rings (SSSR count). The fourth-order valence-corrected chi connectivity index (χ4v) is 6.38. The number of carbonyl (C=O) groups is 1. The van der Waals surface area contributed by atoms with Crippen LogP contribution in [0.4, 0.5) is 0 Å². The summed E-state index contributed by atoms with van der Waals surface area (Å²) in [7, 11) is 3.15. The minimum Gasteiger partial charge on any atom is -0.480 e. The molecule has 0 unspecified atom stereocenters. The maximum Gasteiger partial charge on any atom is 0.237 e. The van der Waals surface area contributed by atoms with Crippen molar-refractivity contribution in [3.8, 4) is 45.4 Å².